The summed E-state index contributed by atoms with van der Waals surface area (Å²) < 4.78 is 65.1. The van der Waals surface area contributed by atoms with Crippen LogP contribution in [0, 0.1) is 5.82 Å². The van der Waals surface area contributed by atoms with Crippen molar-refractivity contribution in [1.29, 1.82) is 0 Å². The minimum atomic E-state index is -2.59. The highest BCUT2D eigenvalue weighted by Gasteiger charge is 2.45. The molecule has 0 fully saturated rings. The van der Waals surface area contributed by atoms with Gasteiger partial charge < -0.3 is 38.6 Å². The third kappa shape index (κ3) is 19.1. The topological polar surface area (TPSA) is 94.1 Å². The molecule has 0 aliphatic carbocycles. The van der Waals surface area contributed by atoms with Crippen LogP contribution >= 0.6 is 0 Å². The fourth-order valence-corrected chi connectivity index (χ4v) is 39.6. The van der Waals surface area contributed by atoms with Gasteiger partial charge in [-0.05, 0) is 122 Å². The SMILES string of the molecule is CCCC[Si](C)(C)O[Si](C)(C)O[Si](C)(C)O[SiH2]O[Si](C)(C)O[Si](C)(C)O[Si](C)(C)O[Si](C)(C)CCCOc1ccc(O)c(F)c1. The van der Waals surface area contributed by atoms with Gasteiger partial charge in [-0.3, -0.25) is 0 Å². The van der Waals surface area contributed by atoms with Crippen molar-refractivity contribution in [1.82, 2.24) is 0 Å². The van der Waals surface area contributed by atoms with Crippen LogP contribution in [-0.4, -0.2) is 81.2 Å². The number of phenolic OH excluding ortho intramolecular Hbond substituents is 1. The first-order valence-corrected chi connectivity index (χ1v) is 37.6. The van der Waals surface area contributed by atoms with E-state index in [1.807, 2.05) is 0 Å². The molecular weight excluding hydrogens is 712 g/mol. The van der Waals surface area contributed by atoms with Crippen molar-refractivity contribution in [2.24, 2.45) is 0 Å². The van der Waals surface area contributed by atoms with Gasteiger partial charge in [-0.25, -0.2) is 4.39 Å². The van der Waals surface area contributed by atoms with Gasteiger partial charge in [0, 0.05) is 6.07 Å². The first kappa shape index (κ1) is 43.2. The van der Waals surface area contributed by atoms with Crippen LogP contribution in [0.15, 0.2) is 18.2 Å². The number of hydrogen-bond donors (Lipinski definition) is 1. The van der Waals surface area contributed by atoms with Crippen LogP contribution in [-0.2, 0) is 28.8 Å². The normalized spacial score (nSPS) is 14.5. The Morgan fingerprint density at radius 3 is 1.49 bits per heavy atom. The number of unbranched alkanes of at least 4 members (excludes halogenated alkanes) is 1. The lowest BCUT2D eigenvalue weighted by molar-refractivity contribution is 0.283. The Balaban J connectivity index is 2.59. The molecule has 0 atom stereocenters. The number of halogens is 1. The van der Waals surface area contributed by atoms with Gasteiger partial charge in [0.1, 0.15) is 5.75 Å². The second-order valence-electron chi connectivity index (χ2n) is 15.1. The van der Waals surface area contributed by atoms with Crippen molar-refractivity contribution < 1.29 is 43.0 Å². The molecule has 1 N–H and O–H groups in total. The zero-order valence-electron chi connectivity index (χ0n) is 30.8. The highest BCUT2D eigenvalue weighted by atomic mass is 28.5. The summed E-state index contributed by atoms with van der Waals surface area (Å²) in [6.45, 7) is 32.4. The smallest absolute Gasteiger partial charge is 0.314 e. The van der Waals surface area contributed by atoms with E-state index in [1.165, 1.54) is 25.0 Å². The summed E-state index contributed by atoms with van der Waals surface area (Å²) in [5.74, 6) is -0.673. The van der Waals surface area contributed by atoms with Gasteiger partial charge in [-0.2, -0.15) is 0 Å². The molecule has 0 radical (unpaired) electrons. The van der Waals surface area contributed by atoms with E-state index in [0.29, 0.717) is 12.4 Å². The van der Waals surface area contributed by atoms with E-state index in [4.69, 9.17) is 33.5 Å². The highest BCUT2D eigenvalue weighted by molar-refractivity contribution is 6.89. The second-order valence-corrected chi connectivity index (χ2v) is 43.8. The van der Waals surface area contributed by atoms with Crippen LogP contribution in [0.1, 0.15) is 26.2 Å². The van der Waals surface area contributed by atoms with Crippen molar-refractivity contribution in [2.45, 2.75) is 130 Å². The Hall–Kier alpha value is 0.205. The molecule has 18 heteroatoms. The summed E-state index contributed by atoms with van der Waals surface area (Å²) in [4.78, 5) is 0. The van der Waals surface area contributed by atoms with Crippen molar-refractivity contribution >= 4 is 69.4 Å². The van der Waals surface area contributed by atoms with E-state index in [9.17, 15) is 9.50 Å². The van der Waals surface area contributed by atoms with Crippen molar-refractivity contribution in [3.05, 3.63) is 24.0 Å². The molecule has 0 bridgehead atoms. The van der Waals surface area contributed by atoms with E-state index < -0.39 is 75.3 Å². The summed E-state index contributed by atoms with van der Waals surface area (Å²) in [6.07, 6.45) is 3.15. The molecule has 1 aromatic rings. The average molecular weight is 775 g/mol. The molecule has 0 unspecified atom stereocenters. The standard InChI is InChI=1S/C27H63FO9Si8/c1-16-17-22-39(2,3)33-43(10,11)35-41(6,7)31-38-32-42(8,9)36-45(14,15)37-44(12,13)34-40(4,5)23-18-21-30-25-19-20-27(29)26(28)24-25/h19-20,24,29H,16-18,21-23,38H2,1-15H3. The first-order valence-electron chi connectivity index (χ1n) is 16.1. The number of phenols is 1. The number of benzene rings is 1. The molecule has 0 aromatic heterocycles. The molecule has 1 aromatic carbocycles. The van der Waals surface area contributed by atoms with Crippen LogP contribution < -0.4 is 4.74 Å². The Morgan fingerprint density at radius 2 is 1.04 bits per heavy atom. The maximum absolute atomic E-state index is 13.6. The average Bonchev–Trinajstić information content (AvgIpc) is 2.78. The maximum Gasteiger partial charge on any atom is 0.314 e. The predicted molar refractivity (Wildman–Crippen MR) is 201 cm³/mol. The maximum atomic E-state index is 13.6. The van der Waals surface area contributed by atoms with Crippen LogP contribution in [0.4, 0.5) is 4.39 Å². The third-order valence-corrected chi connectivity index (χ3v) is 36.3. The molecular formula is C27H63FO9Si8. The van der Waals surface area contributed by atoms with E-state index in [-0.39, 0.29) is 5.75 Å². The Kier molecular flexibility index (Phi) is 16.6. The molecule has 0 spiro atoms. The molecule has 0 amide bonds. The van der Waals surface area contributed by atoms with Gasteiger partial charge in [0.25, 0.3) is 10.0 Å². The third-order valence-electron chi connectivity index (χ3n) is 6.58. The Labute approximate surface area is 283 Å². The summed E-state index contributed by atoms with van der Waals surface area (Å²) in [5, 5.41) is 9.35. The first-order chi connectivity index (χ1) is 20.2. The van der Waals surface area contributed by atoms with Crippen molar-refractivity contribution in [3.8, 4) is 11.5 Å². The number of aromatic hydroxyl groups is 1. The largest absolute Gasteiger partial charge is 0.505 e. The van der Waals surface area contributed by atoms with Gasteiger partial charge in [0.15, 0.2) is 28.2 Å². The number of rotatable bonds is 22. The molecule has 0 aliphatic rings. The number of hydrogen-bond acceptors (Lipinski definition) is 9. The molecule has 264 valence electrons. The highest BCUT2D eigenvalue weighted by Crippen LogP contribution is 2.28. The van der Waals surface area contributed by atoms with Gasteiger partial charge in [0.2, 0.25) is 0 Å². The van der Waals surface area contributed by atoms with E-state index in [2.05, 4.69) is 98.6 Å². The molecule has 0 heterocycles. The summed E-state index contributed by atoms with van der Waals surface area (Å²) in [6, 6.07) is 6.06. The molecule has 0 saturated heterocycles. The van der Waals surface area contributed by atoms with Gasteiger partial charge in [0.05, 0.1) is 6.61 Å². The van der Waals surface area contributed by atoms with Crippen LogP contribution in [0.3, 0.4) is 0 Å². The van der Waals surface area contributed by atoms with Crippen LogP contribution in [0.25, 0.3) is 0 Å². The lowest BCUT2D eigenvalue weighted by Gasteiger charge is -2.41. The fourth-order valence-electron chi connectivity index (χ4n) is 5.51. The van der Waals surface area contributed by atoms with Gasteiger partial charge in [-0.15, -0.1) is 0 Å². The Bertz CT molecular complexity index is 1060. The van der Waals surface area contributed by atoms with Gasteiger partial charge >= 0.3 is 42.8 Å². The number of ether oxygens (including phenoxy) is 1. The minimum absolute atomic E-state index is 0.384. The fraction of sp³-hybridized carbons (Fsp3) is 0.778. The minimum Gasteiger partial charge on any atom is -0.505 e. The quantitative estimate of drug-likeness (QED) is 0.0926. The summed E-state index contributed by atoms with van der Waals surface area (Å²) in [5.41, 5.74) is 0. The van der Waals surface area contributed by atoms with Crippen molar-refractivity contribution in [3.63, 3.8) is 0 Å². The van der Waals surface area contributed by atoms with E-state index >= 15 is 0 Å². The van der Waals surface area contributed by atoms with Crippen molar-refractivity contribution in [2.75, 3.05) is 6.61 Å². The zero-order valence-corrected chi connectivity index (χ0v) is 39.2. The van der Waals surface area contributed by atoms with E-state index in [1.54, 1.807) is 6.07 Å². The van der Waals surface area contributed by atoms with Crippen LogP contribution in [0.5, 0.6) is 11.5 Å². The molecule has 45 heavy (non-hydrogen) atoms. The van der Waals surface area contributed by atoms with E-state index in [0.717, 1.165) is 18.5 Å². The lowest BCUT2D eigenvalue weighted by atomic mass is 10.3. The Morgan fingerprint density at radius 1 is 0.622 bits per heavy atom. The summed E-state index contributed by atoms with van der Waals surface area (Å²) in [7, 11) is -17.6. The lowest BCUT2D eigenvalue weighted by Crippen LogP contribution is -2.57. The molecule has 0 saturated carbocycles. The molecule has 0 aliphatic heterocycles. The molecule has 1 rings (SSSR count). The van der Waals surface area contributed by atoms with Gasteiger partial charge in [-0.1, -0.05) is 19.8 Å². The predicted octanol–water partition coefficient (Wildman–Crippen LogP) is 8.13. The second kappa shape index (κ2) is 17.2. The molecule has 9 nitrogen and oxygen atoms in total. The monoisotopic (exact) mass is 774 g/mol. The zero-order chi connectivity index (χ0) is 35.0. The van der Waals surface area contributed by atoms with Crippen LogP contribution in [0.2, 0.25) is 104 Å². The summed E-state index contributed by atoms with van der Waals surface area (Å²) >= 11 is 0.